The zero-order chi connectivity index (χ0) is 18.5. The molecule has 0 bridgehead atoms. The summed E-state index contributed by atoms with van der Waals surface area (Å²) in [6.07, 6.45) is 0.300. The Morgan fingerprint density at radius 2 is 1.73 bits per heavy atom. The molecule has 2 nitrogen and oxygen atoms in total. The summed E-state index contributed by atoms with van der Waals surface area (Å²) in [7, 11) is 0. The van der Waals surface area contributed by atoms with Gasteiger partial charge in [0.05, 0.1) is 12.5 Å². The van der Waals surface area contributed by atoms with E-state index in [1.807, 2.05) is 54.6 Å². The van der Waals surface area contributed by atoms with Gasteiger partial charge in [0, 0.05) is 5.02 Å². The third-order valence-corrected chi connectivity index (χ3v) is 4.66. The van der Waals surface area contributed by atoms with Gasteiger partial charge >= 0.3 is 0 Å². The number of hydrogen-bond acceptors (Lipinski definition) is 1. The SMILES string of the molecule is Cc1ccc(C(NC(=O)Cc2cccc(Cl)c2)c2ccccc2)c(C)c1. The number of hydrogen-bond donors (Lipinski definition) is 1. The van der Waals surface area contributed by atoms with Gasteiger partial charge in [0.25, 0.3) is 0 Å². The lowest BCUT2D eigenvalue weighted by Gasteiger charge is -2.22. The lowest BCUT2D eigenvalue weighted by molar-refractivity contribution is -0.120. The van der Waals surface area contributed by atoms with Crippen molar-refractivity contribution in [3.8, 4) is 0 Å². The first kappa shape index (κ1) is 18.2. The van der Waals surface area contributed by atoms with E-state index in [2.05, 4.69) is 37.4 Å². The molecule has 0 aliphatic rings. The van der Waals surface area contributed by atoms with Crippen molar-refractivity contribution in [2.24, 2.45) is 0 Å². The number of rotatable bonds is 5. The summed E-state index contributed by atoms with van der Waals surface area (Å²) < 4.78 is 0. The average molecular weight is 364 g/mol. The Hall–Kier alpha value is -2.58. The molecule has 3 rings (SSSR count). The van der Waals surface area contributed by atoms with Crippen molar-refractivity contribution in [2.75, 3.05) is 0 Å². The normalized spacial score (nSPS) is 11.8. The van der Waals surface area contributed by atoms with E-state index in [1.165, 1.54) is 11.1 Å². The van der Waals surface area contributed by atoms with Crippen LogP contribution in [0.1, 0.15) is 33.9 Å². The predicted molar refractivity (Wildman–Crippen MR) is 107 cm³/mol. The summed E-state index contributed by atoms with van der Waals surface area (Å²) in [6, 6.07) is 23.6. The van der Waals surface area contributed by atoms with Gasteiger partial charge in [-0.05, 0) is 48.2 Å². The highest BCUT2D eigenvalue weighted by atomic mass is 35.5. The second-order valence-corrected chi connectivity index (χ2v) is 7.01. The maximum absolute atomic E-state index is 12.7. The lowest BCUT2D eigenvalue weighted by atomic mass is 9.93. The quantitative estimate of drug-likeness (QED) is 0.645. The molecule has 0 fully saturated rings. The van der Waals surface area contributed by atoms with Crippen LogP contribution in [0, 0.1) is 13.8 Å². The molecule has 3 aromatic rings. The Bertz CT molecular complexity index is 905. The smallest absolute Gasteiger partial charge is 0.225 e. The Morgan fingerprint density at radius 1 is 0.962 bits per heavy atom. The Kier molecular flexibility index (Phi) is 5.75. The molecule has 26 heavy (non-hydrogen) atoms. The summed E-state index contributed by atoms with van der Waals surface area (Å²) in [5, 5.41) is 3.84. The summed E-state index contributed by atoms with van der Waals surface area (Å²) >= 11 is 6.03. The first-order valence-electron chi connectivity index (χ1n) is 8.69. The fraction of sp³-hybridized carbons (Fsp3) is 0.174. The molecule has 0 heterocycles. The minimum atomic E-state index is -0.177. The van der Waals surface area contributed by atoms with E-state index in [9.17, 15) is 4.79 Å². The number of amides is 1. The van der Waals surface area contributed by atoms with Crippen LogP contribution < -0.4 is 5.32 Å². The van der Waals surface area contributed by atoms with Gasteiger partial charge < -0.3 is 5.32 Å². The molecule has 0 radical (unpaired) electrons. The van der Waals surface area contributed by atoms with Crippen LogP contribution in [-0.2, 0) is 11.2 Å². The van der Waals surface area contributed by atoms with Gasteiger partial charge in [-0.15, -0.1) is 0 Å². The van der Waals surface area contributed by atoms with Crippen LogP contribution in [0.15, 0.2) is 72.8 Å². The molecule has 3 heteroatoms. The molecule has 1 unspecified atom stereocenters. The van der Waals surface area contributed by atoms with Gasteiger partial charge in [-0.1, -0.05) is 77.8 Å². The number of carbonyl (C=O) groups is 1. The minimum absolute atomic E-state index is 0.0268. The van der Waals surface area contributed by atoms with E-state index >= 15 is 0 Å². The van der Waals surface area contributed by atoms with Gasteiger partial charge in [-0.2, -0.15) is 0 Å². The second-order valence-electron chi connectivity index (χ2n) is 6.58. The maximum Gasteiger partial charge on any atom is 0.225 e. The number of halogens is 1. The van der Waals surface area contributed by atoms with E-state index in [0.29, 0.717) is 11.4 Å². The molecular formula is C23H22ClNO. The molecule has 1 atom stereocenters. The molecule has 1 amide bonds. The van der Waals surface area contributed by atoms with Crippen LogP contribution in [0.3, 0.4) is 0 Å². The van der Waals surface area contributed by atoms with E-state index in [1.54, 1.807) is 0 Å². The Labute approximate surface area is 159 Å². The molecule has 0 aliphatic heterocycles. The predicted octanol–water partition coefficient (Wildman–Crippen LogP) is 5.41. The number of benzene rings is 3. The molecule has 3 aromatic carbocycles. The highest BCUT2D eigenvalue weighted by Crippen LogP contribution is 2.26. The van der Waals surface area contributed by atoms with E-state index in [4.69, 9.17) is 11.6 Å². The van der Waals surface area contributed by atoms with Gasteiger partial charge in [0.1, 0.15) is 0 Å². The largest absolute Gasteiger partial charge is 0.345 e. The summed E-state index contributed by atoms with van der Waals surface area (Å²) in [5.41, 5.74) is 5.47. The zero-order valence-corrected chi connectivity index (χ0v) is 15.8. The highest BCUT2D eigenvalue weighted by Gasteiger charge is 2.18. The zero-order valence-electron chi connectivity index (χ0n) is 15.0. The number of carbonyl (C=O) groups excluding carboxylic acids is 1. The van der Waals surface area contributed by atoms with Crippen molar-refractivity contribution in [1.29, 1.82) is 0 Å². The monoisotopic (exact) mass is 363 g/mol. The lowest BCUT2D eigenvalue weighted by Crippen LogP contribution is -2.31. The first-order chi connectivity index (χ1) is 12.5. The summed E-state index contributed by atoms with van der Waals surface area (Å²) in [4.78, 5) is 12.7. The van der Waals surface area contributed by atoms with Crippen LogP contribution >= 0.6 is 11.6 Å². The van der Waals surface area contributed by atoms with Crippen molar-refractivity contribution in [1.82, 2.24) is 5.32 Å². The minimum Gasteiger partial charge on any atom is -0.345 e. The van der Waals surface area contributed by atoms with Crippen LogP contribution in [-0.4, -0.2) is 5.91 Å². The topological polar surface area (TPSA) is 29.1 Å². The fourth-order valence-electron chi connectivity index (χ4n) is 3.18. The molecule has 0 aliphatic carbocycles. The van der Waals surface area contributed by atoms with Crippen molar-refractivity contribution < 1.29 is 4.79 Å². The van der Waals surface area contributed by atoms with Crippen LogP contribution in [0.2, 0.25) is 5.02 Å². The molecule has 0 saturated heterocycles. The third kappa shape index (κ3) is 4.53. The molecular weight excluding hydrogens is 342 g/mol. The van der Waals surface area contributed by atoms with Crippen molar-refractivity contribution in [2.45, 2.75) is 26.3 Å². The van der Waals surface area contributed by atoms with Crippen LogP contribution in [0.25, 0.3) is 0 Å². The van der Waals surface area contributed by atoms with E-state index < -0.39 is 0 Å². The van der Waals surface area contributed by atoms with E-state index in [-0.39, 0.29) is 11.9 Å². The molecule has 1 N–H and O–H groups in total. The van der Waals surface area contributed by atoms with Crippen molar-refractivity contribution in [3.63, 3.8) is 0 Å². The van der Waals surface area contributed by atoms with E-state index in [0.717, 1.165) is 16.7 Å². The standard InChI is InChI=1S/C23H22ClNO/c1-16-11-12-21(17(2)13-16)23(19-8-4-3-5-9-19)25-22(26)15-18-7-6-10-20(24)14-18/h3-14,23H,15H2,1-2H3,(H,25,26). The third-order valence-electron chi connectivity index (χ3n) is 4.43. The first-order valence-corrected chi connectivity index (χ1v) is 9.06. The van der Waals surface area contributed by atoms with Gasteiger partial charge in [0.15, 0.2) is 0 Å². The van der Waals surface area contributed by atoms with Crippen molar-refractivity contribution >= 4 is 17.5 Å². The molecule has 0 aromatic heterocycles. The van der Waals surface area contributed by atoms with Gasteiger partial charge in [0.2, 0.25) is 5.91 Å². The second kappa shape index (κ2) is 8.20. The maximum atomic E-state index is 12.7. The summed E-state index contributed by atoms with van der Waals surface area (Å²) in [6.45, 7) is 4.16. The summed E-state index contributed by atoms with van der Waals surface area (Å²) in [5.74, 6) is -0.0268. The molecule has 0 spiro atoms. The average Bonchev–Trinajstić information content (AvgIpc) is 2.61. The van der Waals surface area contributed by atoms with Gasteiger partial charge in [-0.3, -0.25) is 4.79 Å². The fourth-order valence-corrected chi connectivity index (χ4v) is 3.39. The van der Waals surface area contributed by atoms with Crippen LogP contribution in [0.4, 0.5) is 0 Å². The highest BCUT2D eigenvalue weighted by molar-refractivity contribution is 6.30. The Morgan fingerprint density at radius 3 is 2.42 bits per heavy atom. The van der Waals surface area contributed by atoms with Crippen molar-refractivity contribution in [3.05, 3.63) is 106 Å². The Balaban J connectivity index is 1.87. The number of aryl methyl sites for hydroxylation is 2. The molecule has 132 valence electrons. The van der Waals surface area contributed by atoms with Crippen LogP contribution in [0.5, 0.6) is 0 Å². The molecule has 0 saturated carbocycles. The number of nitrogens with one attached hydrogen (secondary N) is 1. The van der Waals surface area contributed by atoms with Gasteiger partial charge in [-0.25, -0.2) is 0 Å².